The molecule has 0 aliphatic heterocycles. The van der Waals surface area contributed by atoms with E-state index in [-0.39, 0.29) is 17.3 Å². The van der Waals surface area contributed by atoms with E-state index in [0.717, 1.165) is 0 Å². The number of carbonyl (C=O) groups excluding carboxylic acids is 1. The molecule has 1 aromatic rings. The predicted octanol–water partition coefficient (Wildman–Crippen LogP) is 1.36. The Bertz CT molecular complexity index is 488. The van der Waals surface area contributed by atoms with E-state index < -0.39 is 17.3 Å². The highest BCUT2D eigenvalue weighted by atomic mass is 35.5. The van der Waals surface area contributed by atoms with Crippen molar-refractivity contribution in [2.24, 2.45) is 11.1 Å². The summed E-state index contributed by atoms with van der Waals surface area (Å²) in [7, 11) is 0. The molecular weight excluding hydrogens is 258 g/mol. The van der Waals surface area contributed by atoms with Crippen molar-refractivity contribution in [3.8, 4) is 0 Å². The lowest BCUT2D eigenvalue weighted by Gasteiger charge is -2.21. The average Bonchev–Trinajstić information content (AvgIpc) is 2.27. The van der Waals surface area contributed by atoms with Gasteiger partial charge in [0.25, 0.3) is 0 Å². The number of aromatic nitrogens is 1. The van der Waals surface area contributed by atoms with Crippen LogP contribution in [0.5, 0.6) is 0 Å². The fraction of sp³-hybridized carbons (Fsp3) is 0.364. The zero-order valence-electron chi connectivity index (χ0n) is 10.0. The zero-order chi connectivity index (χ0) is 13.9. The molecule has 1 amide bonds. The summed E-state index contributed by atoms with van der Waals surface area (Å²) < 4.78 is 0. The van der Waals surface area contributed by atoms with Gasteiger partial charge in [-0.25, -0.2) is 9.78 Å². The Morgan fingerprint density at radius 1 is 1.50 bits per heavy atom. The molecule has 0 aliphatic carbocycles. The van der Waals surface area contributed by atoms with Gasteiger partial charge in [0.15, 0.2) is 5.69 Å². The number of pyridine rings is 1. The number of halogens is 1. The minimum Gasteiger partial charge on any atom is -0.476 e. The Hall–Kier alpha value is -1.82. The molecule has 7 heteroatoms. The summed E-state index contributed by atoms with van der Waals surface area (Å²) in [6.07, 6.45) is 0. The number of anilines is 1. The molecule has 0 aliphatic rings. The van der Waals surface area contributed by atoms with E-state index in [1.807, 2.05) is 0 Å². The van der Waals surface area contributed by atoms with E-state index >= 15 is 0 Å². The average molecular weight is 272 g/mol. The van der Waals surface area contributed by atoms with Crippen molar-refractivity contribution >= 4 is 29.3 Å². The lowest BCUT2D eigenvalue weighted by Crippen LogP contribution is -2.37. The molecule has 4 N–H and O–H groups in total. The van der Waals surface area contributed by atoms with Crippen LogP contribution in [-0.4, -0.2) is 28.5 Å². The molecule has 1 heterocycles. The number of primary amides is 1. The Labute approximate surface area is 109 Å². The molecule has 0 radical (unpaired) electrons. The highest BCUT2D eigenvalue weighted by Gasteiger charge is 2.24. The number of nitrogens with two attached hydrogens (primary N) is 1. The maximum atomic E-state index is 11.1. The summed E-state index contributed by atoms with van der Waals surface area (Å²) in [4.78, 5) is 25.8. The summed E-state index contributed by atoms with van der Waals surface area (Å²) in [6, 6.07) is 2.96. The van der Waals surface area contributed by atoms with Crippen LogP contribution >= 0.6 is 11.6 Å². The van der Waals surface area contributed by atoms with Gasteiger partial charge >= 0.3 is 5.97 Å². The Morgan fingerprint density at radius 3 is 2.61 bits per heavy atom. The van der Waals surface area contributed by atoms with Crippen LogP contribution in [0.15, 0.2) is 12.1 Å². The number of hydrogen-bond acceptors (Lipinski definition) is 4. The second-order valence-electron chi connectivity index (χ2n) is 4.43. The van der Waals surface area contributed by atoms with Crippen molar-refractivity contribution in [3.05, 3.63) is 22.8 Å². The smallest absolute Gasteiger partial charge is 0.356 e. The Kier molecular flexibility index (Phi) is 4.13. The first-order valence-corrected chi connectivity index (χ1v) is 5.55. The van der Waals surface area contributed by atoms with Crippen LogP contribution in [-0.2, 0) is 4.79 Å². The molecule has 0 unspecified atom stereocenters. The maximum absolute atomic E-state index is 11.1. The van der Waals surface area contributed by atoms with Crippen LogP contribution < -0.4 is 11.1 Å². The van der Waals surface area contributed by atoms with Crippen molar-refractivity contribution in [1.82, 2.24) is 4.98 Å². The van der Waals surface area contributed by atoms with Crippen LogP contribution in [0.25, 0.3) is 0 Å². The number of rotatable bonds is 5. The number of hydrogen-bond donors (Lipinski definition) is 3. The third kappa shape index (κ3) is 3.33. The van der Waals surface area contributed by atoms with Gasteiger partial charge in [0.2, 0.25) is 5.91 Å². The SMILES string of the molecule is CC(C)(CNc1ccc(Cl)c(C(=O)O)n1)C(N)=O. The fourth-order valence-corrected chi connectivity index (χ4v) is 1.28. The first kappa shape index (κ1) is 14.2. The van der Waals surface area contributed by atoms with Crippen molar-refractivity contribution in [3.63, 3.8) is 0 Å². The first-order chi connectivity index (χ1) is 8.24. The number of nitrogens with one attached hydrogen (secondary N) is 1. The molecule has 0 atom stereocenters. The maximum Gasteiger partial charge on any atom is 0.356 e. The van der Waals surface area contributed by atoms with Gasteiger partial charge in [-0.1, -0.05) is 11.6 Å². The molecule has 98 valence electrons. The van der Waals surface area contributed by atoms with Gasteiger partial charge in [0.1, 0.15) is 5.82 Å². The number of carbonyl (C=O) groups is 2. The van der Waals surface area contributed by atoms with Crippen LogP contribution in [0.3, 0.4) is 0 Å². The van der Waals surface area contributed by atoms with E-state index in [9.17, 15) is 9.59 Å². The molecule has 0 spiro atoms. The Morgan fingerprint density at radius 2 is 2.11 bits per heavy atom. The minimum atomic E-state index is -1.21. The molecule has 0 fully saturated rings. The number of carboxylic acids is 1. The van der Waals surface area contributed by atoms with E-state index in [2.05, 4.69) is 10.3 Å². The second-order valence-corrected chi connectivity index (χ2v) is 4.84. The Balaban J connectivity index is 2.84. The van der Waals surface area contributed by atoms with Gasteiger partial charge in [-0.05, 0) is 26.0 Å². The molecule has 0 bridgehead atoms. The van der Waals surface area contributed by atoms with Gasteiger partial charge in [-0.15, -0.1) is 0 Å². The normalized spacial score (nSPS) is 11.1. The second kappa shape index (κ2) is 5.22. The first-order valence-electron chi connectivity index (χ1n) is 5.17. The van der Waals surface area contributed by atoms with E-state index in [0.29, 0.717) is 5.82 Å². The lowest BCUT2D eigenvalue weighted by molar-refractivity contribution is -0.125. The lowest BCUT2D eigenvalue weighted by atomic mass is 9.93. The fourth-order valence-electron chi connectivity index (χ4n) is 1.09. The van der Waals surface area contributed by atoms with E-state index in [4.69, 9.17) is 22.4 Å². The quantitative estimate of drug-likeness (QED) is 0.750. The van der Waals surface area contributed by atoms with Crippen molar-refractivity contribution in [1.29, 1.82) is 0 Å². The predicted molar refractivity (Wildman–Crippen MR) is 67.7 cm³/mol. The van der Waals surface area contributed by atoms with Crippen LogP contribution in [0.1, 0.15) is 24.3 Å². The molecule has 1 rings (SSSR count). The summed E-state index contributed by atoms with van der Waals surface area (Å²) in [6.45, 7) is 3.60. The van der Waals surface area contributed by atoms with Crippen molar-refractivity contribution in [2.75, 3.05) is 11.9 Å². The van der Waals surface area contributed by atoms with Gasteiger partial charge in [0.05, 0.1) is 10.4 Å². The third-order valence-corrected chi connectivity index (χ3v) is 2.73. The standard InChI is InChI=1S/C11H14ClN3O3/c1-11(2,10(13)18)5-14-7-4-3-6(12)8(15-7)9(16)17/h3-4H,5H2,1-2H3,(H2,13,18)(H,14,15)(H,16,17). The van der Waals surface area contributed by atoms with Crippen LogP contribution in [0.4, 0.5) is 5.82 Å². The van der Waals surface area contributed by atoms with Gasteiger partial charge < -0.3 is 16.2 Å². The molecular formula is C11H14ClN3O3. The highest BCUT2D eigenvalue weighted by Crippen LogP contribution is 2.19. The van der Waals surface area contributed by atoms with Gasteiger partial charge in [-0.3, -0.25) is 4.79 Å². The molecule has 0 aromatic carbocycles. The molecule has 0 saturated heterocycles. The van der Waals surface area contributed by atoms with Crippen molar-refractivity contribution < 1.29 is 14.7 Å². The molecule has 0 saturated carbocycles. The van der Waals surface area contributed by atoms with Crippen LogP contribution in [0, 0.1) is 5.41 Å². The molecule has 6 nitrogen and oxygen atoms in total. The summed E-state index contributed by atoms with van der Waals surface area (Å²) in [5.74, 6) is -1.34. The highest BCUT2D eigenvalue weighted by molar-refractivity contribution is 6.33. The summed E-state index contributed by atoms with van der Waals surface area (Å²) in [5, 5.41) is 11.8. The number of amides is 1. The minimum absolute atomic E-state index is 0.0576. The van der Waals surface area contributed by atoms with E-state index in [1.54, 1.807) is 13.8 Å². The molecule has 1 aromatic heterocycles. The zero-order valence-corrected chi connectivity index (χ0v) is 10.8. The number of nitrogens with zero attached hydrogens (tertiary/aromatic N) is 1. The topological polar surface area (TPSA) is 105 Å². The van der Waals surface area contributed by atoms with Gasteiger partial charge in [0, 0.05) is 6.54 Å². The van der Waals surface area contributed by atoms with Crippen molar-refractivity contribution in [2.45, 2.75) is 13.8 Å². The number of aromatic carboxylic acids is 1. The monoisotopic (exact) mass is 271 g/mol. The molecule has 18 heavy (non-hydrogen) atoms. The third-order valence-electron chi connectivity index (χ3n) is 2.43. The van der Waals surface area contributed by atoms with Crippen LogP contribution in [0.2, 0.25) is 5.02 Å². The summed E-state index contributed by atoms with van der Waals surface area (Å²) in [5.41, 5.74) is 4.23. The van der Waals surface area contributed by atoms with E-state index in [1.165, 1.54) is 12.1 Å². The summed E-state index contributed by atoms with van der Waals surface area (Å²) >= 11 is 5.69. The largest absolute Gasteiger partial charge is 0.476 e. The number of carboxylic acid groups (broad SMARTS) is 1. The van der Waals surface area contributed by atoms with Gasteiger partial charge in [-0.2, -0.15) is 0 Å².